The van der Waals surface area contributed by atoms with Gasteiger partial charge in [0.25, 0.3) is 0 Å². The molecule has 0 aromatic heterocycles. The molecule has 26 heavy (non-hydrogen) atoms. The van der Waals surface area contributed by atoms with Crippen molar-refractivity contribution < 1.29 is 17.9 Å². The van der Waals surface area contributed by atoms with Gasteiger partial charge in [-0.15, -0.1) is 0 Å². The highest BCUT2D eigenvalue weighted by atomic mass is 32.2. The second-order valence-electron chi connectivity index (χ2n) is 6.07. The minimum Gasteiger partial charge on any atom is -0.496 e. The molecule has 0 fully saturated rings. The third kappa shape index (κ3) is 5.22. The van der Waals surface area contributed by atoms with Gasteiger partial charge in [-0.25, -0.2) is 13.1 Å². The molecule has 2 aromatic rings. The maximum absolute atomic E-state index is 12.6. The zero-order valence-corrected chi connectivity index (χ0v) is 16.4. The van der Waals surface area contributed by atoms with Gasteiger partial charge in [0.05, 0.1) is 24.7 Å². The highest BCUT2D eigenvalue weighted by molar-refractivity contribution is 7.89. The van der Waals surface area contributed by atoms with Crippen molar-refractivity contribution >= 4 is 10.0 Å². The standard InChI is InChI=1S/C20H27NO4S/c1-4-5-6-8-16-11-13-17(14-12-16)26(22,23)21-15-18-19(24-2)9-7-10-20(18)25-3/h7,9-14,21H,4-6,8,15H2,1-3H3. The lowest BCUT2D eigenvalue weighted by atomic mass is 10.1. The van der Waals surface area contributed by atoms with Crippen molar-refractivity contribution in [2.24, 2.45) is 0 Å². The summed E-state index contributed by atoms with van der Waals surface area (Å²) < 4.78 is 38.4. The van der Waals surface area contributed by atoms with E-state index in [1.54, 1.807) is 44.6 Å². The predicted molar refractivity (Wildman–Crippen MR) is 103 cm³/mol. The minimum absolute atomic E-state index is 0.0910. The van der Waals surface area contributed by atoms with E-state index in [1.807, 2.05) is 12.1 Å². The Bertz CT molecular complexity index is 779. The van der Waals surface area contributed by atoms with E-state index in [2.05, 4.69) is 11.6 Å². The van der Waals surface area contributed by atoms with Crippen molar-refractivity contribution in [2.45, 2.75) is 44.0 Å². The summed E-state index contributed by atoms with van der Waals surface area (Å²) in [6.45, 7) is 2.26. The van der Waals surface area contributed by atoms with Crippen molar-refractivity contribution in [2.75, 3.05) is 14.2 Å². The van der Waals surface area contributed by atoms with Gasteiger partial charge in [-0.05, 0) is 42.7 Å². The van der Waals surface area contributed by atoms with E-state index in [1.165, 1.54) is 12.8 Å². The van der Waals surface area contributed by atoms with Gasteiger partial charge < -0.3 is 9.47 Å². The van der Waals surface area contributed by atoms with Gasteiger partial charge in [0.2, 0.25) is 10.0 Å². The molecule has 0 amide bonds. The van der Waals surface area contributed by atoms with Gasteiger partial charge in [-0.2, -0.15) is 0 Å². The number of hydrogen-bond donors (Lipinski definition) is 1. The molecule has 142 valence electrons. The molecule has 2 rings (SSSR count). The molecule has 6 heteroatoms. The lowest BCUT2D eigenvalue weighted by molar-refractivity contribution is 0.384. The zero-order chi connectivity index (χ0) is 19.0. The average Bonchev–Trinajstić information content (AvgIpc) is 2.66. The number of rotatable bonds is 10. The number of benzene rings is 2. The maximum atomic E-state index is 12.6. The molecule has 1 N–H and O–H groups in total. The van der Waals surface area contributed by atoms with E-state index in [0.717, 1.165) is 18.4 Å². The molecule has 0 saturated heterocycles. The van der Waals surface area contributed by atoms with Crippen LogP contribution in [0.15, 0.2) is 47.4 Å². The van der Waals surface area contributed by atoms with Crippen LogP contribution in [-0.4, -0.2) is 22.6 Å². The number of ether oxygens (including phenoxy) is 2. The van der Waals surface area contributed by atoms with E-state index in [-0.39, 0.29) is 11.4 Å². The van der Waals surface area contributed by atoms with Crippen molar-refractivity contribution in [3.63, 3.8) is 0 Å². The largest absolute Gasteiger partial charge is 0.496 e. The second-order valence-corrected chi connectivity index (χ2v) is 7.83. The van der Waals surface area contributed by atoms with Gasteiger partial charge in [0.15, 0.2) is 0 Å². The molecule has 0 spiro atoms. The molecule has 0 aliphatic carbocycles. The number of nitrogens with one attached hydrogen (secondary N) is 1. The number of sulfonamides is 1. The molecule has 0 saturated carbocycles. The monoisotopic (exact) mass is 377 g/mol. The summed E-state index contributed by atoms with van der Waals surface area (Å²) in [6.07, 6.45) is 4.44. The Hall–Kier alpha value is -2.05. The summed E-state index contributed by atoms with van der Waals surface area (Å²) in [5.74, 6) is 1.16. The normalized spacial score (nSPS) is 11.3. The molecular weight excluding hydrogens is 350 g/mol. The van der Waals surface area contributed by atoms with Gasteiger partial charge >= 0.3 is 0 Å². The summed E-state index contributed by atoms with van der Waals surface area (Å²) in [4.78, 5) is 0.255. The van der Waals surface area contributed by atoms with Crippen LogP contribution < -0.4 is 14.2 Å². The fourth-order valence-corrected chi connectivity index (χ4v) is 3.76. The summed E-state index contributed by atoms with van der Waals surface area (Å²) in [5, 5.41) is 0. The van der Waals surface area contributed by atoms with E-state index in [4.69, 9.17) is 9.47 Å². The first-order chi connectivity index (χ1) is 12.5. The van der Waals surface area contributed by atoms with Crippen LogP contribution in [0, 0.1) is 0 Å². The summed E-state index contributed by atoms with van der Waals surface area (Å²) in [5.41, 5.74) is 1.82. The summed E-state index contributed by atoms with van der Waals surface area (Å²) >= 11 is 0. The first-order valence-corrected chi connectivity index (χ1v) is 10.3. The van der Waals surface area contributed by atoms with Crippen molar-refractivity contribution in [1.82, 2.24) is 4.72 Å². The van der Waals surface area contributed by atoms with Crippen LogP contribution in [0.2, 0.25) is 0 Å². The van der Waals surface area contributed by atoms with Crippen LogP contribution in [0.3, 0.4) is 0 Å². The zero-order valence-electron chi connectivity index (χ0n) is 15.6. The molecule has 0 heterocycles. The van der Waals surface area contributed by atoms with E-state index >= 15 is 0 Å². The average molecular weight is 378 g/mol. The minimum atomic E-state index is -3.61. The summed E-state index contributed by atoms with van der Waals surface area (Å²) in [6, 6.07) is 12.4. The summed E-state index contributed by atoms with van der Waals surface area (Å²) in [7, 11) is -0.520. The molecule has 0 atom stereocenters. The van der Waals surface area contributed by atoms with Gasteiger partial charge in [-0.3, -0.25) is 0 Å². The number of methoxy groups -OCH3 is 2. The highest BCUT2D eigenvalue weighted by Crippen LogP contribution is 2.28. The van der Waals surface area contributed by atoms with Gasteiger partial charge in [-0.1, -0.05) is 38.0 Å². The van der Waals surface area contributed by atoms with Crippen LogP contribution in [0.5, 0.6) is 11.5 Å². The van der Waals surface area contributed by atoms with Gasteiger partial charge in [0, 0.05) is 6.54 Å². The second kappa shape index (κ2) is 9.59. The SMILES string of the molecule is CCCCCc1ccc(S(=O)(=O)NCc2c(OC)cccc2OC)cc1. The fraction of sp³-hybridized carbons (Fsp3) is 0.400. The molecule has 0 radical (unpaired) electrons. The van der Waals surface area contributed by atoms with E-state index < -0.39 is 10.0 Å². The third-order valence-electron chi connectivity index (χ3n) is 4.27. The smallest absolute Gasteiger partial charge is 0.240 e. The Morgan fingerprint density at radius 1 is 0.923 bits per heavy atom. The topological polar surface area (TPSA) is 64.6 Å². The Morgan fingerprint density at radius 3 is 2.08 bits per heavy atom. The Balaban J connectivity index is 2.10. The lowest BCUT2D eigenvalue weighted by Gasteiger charge is -2.14. The van der Waals surface area contributed by atoms with Gasteiger partial charge in [0.1, 0.15) is 11.5 Å². The third-order valence-corrected chi connectivity index (χ3v) is 5.69. The van der Waals surface area contributed by atoms with Crippen LogP contribution in [-0.2, 0) is 23.0 Å². The first kappa shape index (κ1) is 20.3. The predicted octanol–water partition coefficient (Wildman–Crippen LogP) is 3.92. The van der Waals surface area contributed by atoms with Crippen LogP contribution in [0.1, 0.15) is 37.3 Å². The van der Waals surface area contributed by atoms with Crippen LogP contribution in [0.25, 0.3) is 0 Å². The Labute approximate surface area is 156 Å². The van der Waals surface area contributed by atoms with Crippen molar-refractivity contribution in [3.05, 3.63) is 53.6 Å². The molecule has 5 nitrogen and oxygen atoms in total. The quantitative estimate of drug-likeness (QED) is 0.638. The van der Waals surface area contributed by atoms with Crippen LogP contribution >= 0.6 is 0 Å². The Morgan fingerprint density at radius 2 is 1.54 bits per heavy atom. The molecule has 0 unspecified atom stereocenters. The molecular formula is C20H27NO4S. The van der Waals surface area contributed by atoms with Crippen LogP contribution in [0.4, 0.5) is 0 Å². The van der Waals surface area contributed by atoms with E-state index in [9.17, 15) is 8.42 Å². The first-order valence-electron chi connectivity index (χ1n) is 8.80. The fourth-order valence-electron chi connectivity index (χ4n) is 2.77. The van der Waals surface area contributed by atoms with Crippen molar-refractivity contribution in [3.8, 4) is 11.5 Å². The molecule has 0 bridgehead atoms. The maximum Gasteiger partial charge on any atom is 0.240 e. The number of unbranched alkanes of at least 4 members (excludes halogenated alkanes) is 2. The van der Waals surface area contributed by atoms with Crippen molar-refractivity contribution in [1.29, 1.82) is 0 Å². The lowest BCUT2D eigenvalue weighted by Crippen LogP contribution is -2.23. The van der Waals surface area contributed by atoms with E-state index in [0.29, 0.717) is 17.1 Å². The molecule has 2 aromatic carbocycles. The molecule has 0 aliphatic heterocycles. The highest BCUT2D eigenvalue weighted by Gasteiger charge is 2.17. The number of hydrogen-bond acceptors (Lipinski definition) is 4. The molecule has 0 aliphatic rings. The number of aryl methyl sites for hydroxylation is 1. The Kier molecular flexibility index (Phi) is 7.48.